The first-order valence-electron chi connectivity index (χ1n) is 8.90. The zero-order valence-electron chi connectivity index (χ0n) is 14.5. The molecule has 6 heteroatoms. The van der Waals surface area contributed by atoms with Gasteiger partial charge >= 0.3 is 0 Å². The summed E-state index contributed by atoms with van der Waals surface area (Å²) < 4.78 is 2.06. The molecule has 0 bridgehead atoms. The number of H-pyrrole nitrogens is 1. The Morgan fingerprint density at radius 2 is 2.20 bits per heavy atom. The fourth-order valence-electron chi connectivity index (χ4n) is 3.63. The Labute approximate surface area is 146 Å². The van der Waals surface area contributed by atoms with E-state index >= 15 is 0 Å². The van der Waals surface area contributed by atoms with Gasteiger partial charge in [-0.15, -0.1) is 0 Å². The average molecular weight is 337 g/mol. The van der Waals surface area contributed by atoms with Crippen molar-refractivity contribution in [2.75, 3.05) is 13.1 Å². The van der Waals surface area contributed by atoms with Gasteiger partial charge < -0.3 is 14.5 Å². The molecule has 3 aromatic rings. The molecule has 3 heterocycles. The third-order valence-corrected chi connectivity index (χ3v) is 4.98. The Bertz CT molecular complexity index is 881. The van der Waals surface area contributed by atoms with Crippen molar-refractivity contribution in [3.05, 3.63) is 48.3 Å². The number of likely N-dealkylation sites (tertiary alicyclic amines) is 1. The highest BCUT2D eigenvalue weighted by atomic mass is 16.2. The van der Waals surface area contributed by atoms with Crippen molar-refractivity contribution in [3.63, 3.8) is 0 Å². The van der Waals surface area contributed by atoms with Gasteiger partial charge in [0.1, 0.15) is 5.82 Å². The lowest BCUT2D eigenvalue weighted by Crippen LogP contribution is -2.39. The number of aryl methyl sites for hydroxylation is 2. The first kappa shape index (κ1) is 15.9. The summed E-state index contributed by atoms with van der Waals surface area (Å²) in [6.07, 6.45) is 6.31. The summed E-state index contributed by atoms with van der Waals surface area (Å²) in [5.41, 5.74) is 3.13. The van der Waals surface area contributed by atoms with Crippen molar-refractivity contribution in [1.29, 1.82) is 0 Å². The van der Waals surface area contributed by atoms with E-state index in [2.05, 4.69) is 19.5 Å². The highest BCUT2D eigenvalue weighted by molar-refractivity contribution is 5.77. The van der Waals surface area contributed by atoms with Gasteiger partial charge in [-0.2, -0.15) is 0 Å². The second-order valence-electron chi connectivity index (χ2n) is 6.81. The van der Waals surface area contributed by atoms with Crippen LogP contribution in [0.3, 0.4) is 0 Å². The fourth-order valence-corrected chi connectivity index (χ4v) is 3.63. The molecule has 1 aromatic carbocycles. The van der Waals surface area contributed by atoms with Crippen LogP contribution >= 0.6 is 0 Å². The number of nitrogens with one attached hydrogen (secondary N) is 1. The zero-order chi connectivity index (χ0) is 17.2. The van der Waals surface area contributed by atoms with E-state index < -0.39 is 0 Å². The van der Waals surface area contributed by atoms with E-state index in [0.29, 0.717) is 18.9 Å². The van der Waals surface area contributed by atoms with Crippen molar-refractivity contribution in [1.82, 2.24) is 24.4 Å². The van der Waals surface area contributed by atoms with Crippen LogP contribution in [-0.2, 0) is 11.3 Å². The third kappa shape index (κ3) is 3.29. The molecule has 1 saturated heterocycles. The smallest absolute Gasteiger partial charge is 0.224 e. The molecule has 0 aliphatic carbocycles. The number of aromatic nitrogens is 4. The van der Waals surface area contributed by atoms with Gasteiger partial charge in [-0.25, -0.2) is 9.97 Å². The van der Waals surface area contributed by atoms with Crippen LogP contribution in [0.25, 0.3) is 11.0 Å². The lowest BCUT2D eigenvalue weighted by atomic mass is 9.97. The number of benzene rings is 1. The van der Waals surface area contributed by atoms with Crippen LogP contribution in [0.4, 0.5) is 0 Å². The van der Waals surface area contributed by atoms with Crippen molar-refractivity contribution in [2.24, 2.45) is 0 Å². The number of fused-ring (bicyclic) bond motifs is 1. The molecule has 1 N–H and O–H groups in total. The number of nitrogens with zero attached hydrogens (tertiary/aromatic N) is 4. The monoisotopic (exact) mass is 337 g/mol. The number of amides is 1. The molecular weight excluding hydrogens is 314 g/mol. The minimum atomic E-state index is 0.214. The summed E-state index contributed by atoms with van der Waals surface area (Å²) in [7, 11) is 0. The molecule has 0 radical (unpaired) electrons. The normalized spacial score (nSPS) is 18.0. The molecule has 130 valence electrons. The molecule has 2 aromatic heterocycles. The van der Waals surface area contributed by atoms with Crippen LogP contribution < -0.4 is 0 Å². The summed E-state index contributed by atoms with van der Waals surface area (Å²) in [4.78, 5) is 26.8. The van der Waals surface area contributed by atoms with Crippen LogP contribution in [0.15, 0.2) is 36.8 Å². The van der Waals surface area contributed by atoms with Crippen LogP contribution in [0, 0.1) is 6.92 Å². The Kier molecular flexibility index (Phi) is 4.26. The summed E-state index contributed by atoms with van der Waals surface area (Å²) in [6.45, 7) is 4.29. The molecule has 0 spiro atoms. The summed E-state index contributed by atoms with van der Waals surface area (Å²) in [5, 5.41) is 0. The van der Waals surface area contributed by atoms with Gasteiger partial charge in [0.15, 0.2) is 0 Å². The number of hydrogen-bond acceptors (Lipinski definition) is 3. The maximum Gasteiger partial charge on any atom is 0.224 e. The standard InChI is InChI=1S/C19H23N5O/c1-14-11-20-19(22-14)15-5-4-9-23(12-15)18(25)8-10-24-13-21-16-6-2-3-7-17(16)24/h2-3,6-7,11,13,15H,4-5,8-10,12H2,1H3,(H,20,22)/t15-/m0/s1. The highest BCUT2D eigenvalue weighted by Crippen LogP contribution is 2.25. The van der Waals surface area contributed by atoms with Gasteiger partial charge in [0, 0.05) is 43.9 Å². The molecule has 1 atom stereocenters. The summed E-state index contributed by atoms with van der Waals surface area (Å²) >= 11 is 0. The number of imidazole rings is 2. The molecular formula is C19H23N5O. The second-order valence-corrected chi connectivity index (χ2v) is 6.81. The number of hydrogen-bond donors (Lipinski definition) is 1. The first-order valence-corrected chi connectivity index (χ1v) is 8.90. The van der Waals surface area contributed by atoms with E-state index in [0.717, 1.165) is 48.5 Å². The third-order valence-electron chi connectivity index (χ3n) is 4.98. The van der Waals surface area contributed by atoms with Gasteiger partial charge in [-0.1, -0.05) is 12.1 Å². The lowest BCUT2D eigenvalue weighted by Gasteiger charge is -2.32. The topological polar surface area (TPSA) is 66.8 Å². The number of carbonyl (C=O) groups excluding carboxylic acids is 1. The second kappa shape index (κ2) is 6.70. The number of aromatic amines is 1. The lowest BCUT2D eigenvalue weighted by molar-refractivity contribution is -0.132. The van der Waals surface area contributed by atoms with Crippen LogP contribution in [0.1, 0.15) is 36.7 Å². The van der Waals surface area contributed by atoms with Gasteiger partial charge in [-0.05, 0) is 31.9 Å². The van der Waals surface area contributed by atoms with Crippen LogP contribution in [0.5, 0.6) is 0 Å². The average Bonchev–Trinajstić information content (AvgIpc) is 3.26. The maximum atomic E-state index is 12.7. The van der Waals surface area contributed by atoms with Gasteiger partial charge in [0.2, 0.25) is 5.91 Å². The molecule has 0 saturated carbocycles. The minimum Gasteiger partial charge on any atom is -0.346 e. The first-order chi connectivity index (χ1) is 12.2. The van der Waals surface area contributed by atoms with E-state index in [9.17, 15) is 4.79 Å². The quantitative estimate of drug-likeness (QED) is 0.796. The van der Waals surface area contributed by atoms with E-state index in [1.807, 2.05) is 48.6 Å². The highest BCUT2D eigenvalue weighted by Gasteiger charge is 2.26. The molecule has 1 fully saturated rings. The van der Waals surface area contributed by atoms with Crippen molar-refractivity contribution in [3.8, 4) is 0 Å². The molecule has 4 rings (SSSR count). The molecule has 1 aliphatic heterocycles. The van der Waals surface area contributed by atoms with Gasteiger partial charge in [0.25, 0.3) is 0 Å². The fraction of sp³-hybridized carbons (Fsp3) is 0.421. The van der Waals surface area contributed by atoms with Crippen LogP contribution in [-0.4, -0.2) is 43.4 Å². The van der Waals surface area contributed by atoms with Gasteiger partial charge in [-0.3, -0.25) is 4.79 Å². The summed E-state index contributed by atoms with van der Waals surface area (Å²) in [6, 6.07) is 8.02. The number of piperidine rings is 1. The Morgan fingerprint density at radius 1 is 1.32 bits per heavy atom. The molecule has 25 heavy (non-hydrogen) atoms. The maximum absolute atomic E-state index is 12.7. The van der Waals surface area contributed by atoms with Crippen LogP contribution in [0.2, 0.25) is 0 Å². The van der Waals surface area contributed by atoms with Crippen molar-refractivity contribution >= 4 is 16.9 Å². The molecule has 1 amide bonds. The zero-order valence-corrected chi connectivity index (χ0v) is 14.5. The largest absolute Gasteiger partial charge is 0.346 e. The Hall–Kier alpha value is -2.63. The van der Waals surface area contributed by atoms with Gasteiger partial charge in [0.05, 0.1) is 17.4 Å². The number of para-hydroxylation sites is 2. The predicted molar refractivity (Wildman–Crippen MR) is 96.2 cm³/mol. The molecule has 0 unspecified atom stereocenters. The number of rotatable bonds is 4. The number of carbonyl (C=O) groups is 1. The van der Waals surface area contributed by atoms with E-state index in [-0.39, 0.29) is 5.91 Å². The van der Waals surface area contributed by atoms with E-state index in [4.69, 9.17) is 0 Å². The SMILES string of the molecule is Cc1cnc([C@H]2CCCN(C(=O)CCn3cnc4ccccc43)C2)[nH]1. The van der Waals surface area contributed by atoms with Crippen molar-refractivity contribution in [2.45, 2.75) is 38.6 Å². The predicted octanol–water partition coefficient (Wildman–Crippen LogP) is 2.86. The summed E-state index contributed by atoms with van der Waals surface area (Å²) in [5.74, 6) is 1.54. The van der Waals surface area contributed by atoms with Crippen molar-refractivity contribution < 1.29 is 4.79 Å². The Morgan fingerprint density at radius 3 is 3.04 bits per heavy atom. The Balaban J connectivity index is 1.39. The minimum absolute atomic E-state index is 0.214. The molecule has 6 nitrogen and oxygen atoms in total. The van der Waals surface area contributed by atoms with E-state index in [1.165, 1.54) is 0 Å². The molecule has 1 aliphatic rings. The van der Waals surface area contributed by atoms with E-state index in [1.54, 1.807) is 0 Å².